The molecule has 0 saturated heterocycles. The lowest BCUT2D eigenvalue weighted by atomic mass is 10.4. The lowest BCUT2D eigenvalue weighted by Crippen LogP contribution is -2.35. The molecular formula is C13H24N4O2. The molecule has 6 nitrogen and oxygen atoms in total. The molecule has 0 amide bonds. The number of hydrogen-bond donors (Lipinski definition) is 1. The van der Waals surface area contributed by atoms with Crippen LogP contribution in [0.1, 0.15) is 20.8 Å². The first-order valence-electron chi connectivity index (χ1n) is 6.56. The lowest BCUT2D eigenvalue weighted by Gasteiger charge is -2.22. The van der Waals surface area contributed by atoms with Gasteiger partial charge in [0.15, 0.2) is 0 Å². The van der Waals surface area contributed by atoms with Crippen LogP contribution in [-0.2, 0) is 0 Å². The molecule has 0 radical (unpaired) electrons. The minimum Gasteiger partial charge on any atom is -0.481 e. The third-order valence-corrected chi connectivity index (χ3v) is 2.68. The van der Waals surface area contributed by atoms with E-state index < -0.39 is 0 Å². The Bertz CT molecular complexity index is 363. The monoisotopic (exact) mass is 268 g/mol. The van der Waals surface area contributed by atoms with Crippen LogP contribution in [0.5, 0.6) is 11.8 Å². The van der Waals surface area contributed by atoms with Crippen molar-refractivity contribution in [2.24, 2.45) is 0 Å². The largest absolute Gasteiger partial charge is 0.481 e. The first-order valence-corrected chi connectivity index (χ1v) is 6.56. The van der Waals surface area contributed by atoms with E-state index in [0.717, 1.165) is 19.6 Å². The smallest absolute Gasteiger partial charge is 0.232 e. The Balaban J connectivity index is 2.78. The van der Waals surface area contributed by atoms with Gasteiger partial charge in [-0.15, -0.1) is 0 Å². The van der Waals surface area contributed by atoms with Gasteiger partial charge in [0.25, 0.3) is 0 Å². The number of hydrogen-bond acceptors (Lipinski definition) is 6. The summed E-state index contributed by atoms with van der Waals surface area (Å²) in [6.45, 7) is 8.88. The van der Waals surface area contributed by atoms with Crippen LogP contribution in [-0.4, -0.2) is 49.9 Å². The zero-order valence-corrected chi connectivity index (χ0v) is 12.4. The Kier molecular flexibility index (Phi) is 6.35. The number of methoxy groups -OCH3 is 2. The highest BCUT2D eigenvalue weighted by molar-refractivity contribution is 5.36. The Hall–Kier alpha value is -1.56. The number of anilines is 1. The predicted octanol–water partition coefficient (Wildman–Crippen LogP) is 1.32. The molecule has 0 aliphatic heterocycles. The fourth-order valence-electron chi connectivity index (χ4n) is 1.63. The number of rotatable bonds is 8. The highest BCUT2D eigenvalue weighted by Crippen LogP contribution is 2.19. The Labute approximate surface area is 115 Å². The van der Waals surface area contributed by atoms with Gasteiger partial charge in [0.1, 0.15) is 0 Å². The average molecular weight is 268 g/mol. The van der Waals surface area contributed by atoms with Crippen molar-refractivity contribution in [2.45, 2.75) is 26.8 Å². The minimum atomic E-state index is 0.472. The van der Waals surface area contributed by atoms with Gasteiger partial charge in [-0.1, -0.05) is 13.8 Å². The second-order valence-electron chi connectivity index (χ2n) is 4.44. The Morgan fingerprint density at radius 3 is 2.21 bits per heavy atom. The molecule has 0 bridgehead atoms. The number of nitrogens with zero attached hydrogens (tertiary/aromatic N) is 3. The van der Waals surface area contributed by atoms with E-state index in [9.17, 15) is 0 Å². The van der Waals surface area contributed by atoms with E-state index in [0.29, 0.717) is 23.8 Å². The van der Waals surface area contributed by atoms with E-state index in [-0.39, 0.29) is 0 Å². The van der Waals surface area contributed by atoms with Gasteiger partial charge in [-0.25, -0.2) is 0 Å². The quantitative estimate of drug-likeness (QED) is 0.767. The molecule has 1 N–H and O–H groups in total. The molecule has 0 aliphatic carbocycles. The van der Waals surface area contributed by atoms with E-state index in [1.54, 1.807) is 20.3 Å². The van der Waals surface area contributed by atoms with Crippen LogP contribution in [0.4, 0.5) is 5.95 Å². The van der Waals surface area contributed by atoms with Crippen molar-refractivity contribution >= 4 is 5.95 Å². The molecule has 0 saturated carbocycles. The maximum atomic E-state index is 5.16. The number of aromatic nitrogens is 2. The van der Waals surface area contributed by atoms with E-state index in [4.69, 9.17) is 9.47 Å². The second kappa shape index (κ2) is 7.78. The molecule has 0 unspecified atom stereocenters. The molecule has 0 aromatic carbocycles. The van der Waals surface area contributed by atoms with E-state index >= 15 is 0 Å². The summed E-state index contributed by atoms with van der Waals surface area (Å²) in [7, 11) is 3.17. The van der Waals surface area contributed by atoms with Gasteiger partial charge in [-0.2, -0.15) is 9.97 Å². The summed E-state index contributed by atoms with van der Waals surface area (Å²) < 4.78 is 10.3. The number of ether oxygens (including phenoxy) is 2. The highest BCUT2D eigenvalue weighted by Gasteiger charge is 2.11. The Morgan fingerprint density at radius 1 is 1.21 bits per heavy atom. The topological polar surface area (TPSA) is 59.5 Å². The summed E-state index contributed by atoms with van der Waals surface area (Å²) in [5.74, 6) is 1.65. The van der Waals surface area contributed by atoms with Gasteiger partial charge in [0.2, 0.25) is 17.7 Å². The van der Waals surface area contributed by atoms with Crippen LogP contribution >= 0.6 is 0 Å². The SMILES string of the molecule is CCN(CCNC(C)C)c1nc(OC)cc(OC)n1. The first-order chi connectivity index (χ1) is 9.10. The molecule has 1 rings (SSSR count). The van der Waals surface area contributed by atoms with Crippen molar-refractivity contribution in [1.82, 2.24) is 15.3 Å². The summed E-state index contributed by atoms with van der Waals surface area (Å²) in [6.07, 6.45) is 0. The summed E-state index contributed by atoms with van der Waals surface area (Å²) in [5, 5.41) is 3.38. The average Bonchev–Trinajstić information content (AvgIpc) is 2.42. The van der Waals surface area contributed by atoms with Gasteiger partial charge in [0.05, 0.1) is 20.3 Å². The molecule has 0 atom stereocenters. The molecule has 108 valence electrons. The van der Waals surface area contributed by atoms with Gasteiger partial charge in [0, 0.05) is 25.7 Å². The minimum absolute atomic E-state index is 0.472. The molecule has 6 heteroatoms. The third-order valence-electron chi connectivity index (χ3n) is 2.68. The van der Waals surface area contributed by atoms with Crippen LogP contribution in [0.15, 0.2) is 6.07 Å². The van der Waals surface area contributed by atoms with Crippen molar-refractivity contribution in [3.63, 3.8) is 0 Å². The summed E-state index contributed by atoms with van der Waals surface area (Å²) in [4.78, 5) is 10.8. The van der Waals surface area contributed by atoms with Crippen LogP contribution in [0, 0.1) is 0 Å². The molecule has 0 spiro atoms. The molecular weight excluding hydrogens is 244 g/mol. The second-order valence-corrected chi connectivity index (χ2v) is 4.44. The normalized spacial score (nSPS) is 10.6. The number of likely N-dealkylation sites (N-methyl/N-ethyl adjacent to an activating group) is 1. The first kappa shape index (κ1) is 15.5. The van der Waals surface area contributed by atoms with Gasteiger partial charge in [-0.05, 0) is 6.92 Å². The van der Waals surface area contributed by atoms with Crippen LogP contribution in [0.3, 0.4) is 0 Å². The van der Waals surface area contributed by atoms with Crippen LogP contribution < -0.4 is 19.7 Å². The zero-order valence-electron chi connectivity index (χ0n) is 12.4. The van der Waals surface area contributed by atoms with E-state index in [1.165, 1.54) is 0 Å². The summed E-state index contributed by atoms with van der Waals surface area (Å²) in [5.41, 5.74) is 0. The fraction of sp³-hybridized carbons (Fsp3) is 0.692. The van der Waals surface area contributed by atoms with Gasteiger partial charge in [-0.3, -0.25) is 0 Å². The molecule has 0 aliphatic rings. The summed E-state index contributed by atoms with van der Waals surface area (Å²) in [6, 6.07) is 2.14. The molecule has 1 heterocycles. The van der Waals surface area contributed by atoms with Crippen LogP contribution in [0.2, 0.25) is 0 Å². The van der Waals surface area contributed by atoms with Crippen molar-refractivity contribution in [2.75, 3.05) is 38.8 Å². The standard InChI is InChI=1S/C13H24N4O2/c1-6-17(8-7-14-10(2)3)13-15-11(18-4)9-12(16-13)19-5/h9-10,14H,6-8H2,1-5H3. The maximum absolute atomic E-state index is 5.16. The molecule has 1 aromatic rings. The lowest BCUT2D eigenvalue weighted by molar-refractivity contribution is 0.371. The fourth-order valence-corrected chi connectivity index (χ4v) is 1.63. The molecule has 1 aromatic heterocycles. The van der Waals surface area contributed by atoms with Crippen molar-refractivity contribution in [3.8, 4) is 11.8 Å². The molecule has 0 fully saturated rings. The van der Waals surface area contributed by atoms with Gasteiger partial charge >= 0.3 is 0 Å². The predicted molar refractivity (Wildman–Crippen MR) is 76.2 cm³/mol. The highest BCUT2D eigenvalue weighted by atomic mass is 16.5. The van der Waals surface area contributed by atoms with Crippen molar-refractivity contribution in [3.05, 3.63) is 6.07 Å². The number of nitrogens with one attached hydrogen (secondary N) is 1. The molecule has 19 heavy (non-hydrogen) atoms. The maximum Gasteiger partial charge on any atom is 0.232 e. The van der Waals surface area contributed by atoms with Crippen molar-refractivity contribution in [1.29, 1.82) is 0 Å². The van der Waals surface area contributed by atoms with Crippen LogP contribution in [0.25, 0.3) is 0 Å². The Morgan fingerprint density at radius 2 is 1.79 bits per heavy atom. The summed E-state index contributed by atoms with van der Waals surface area (Å²) >= 11 is 0. The van der Waals surface area contributed by atoms with E-state index in [1.807, 2.05) is 0 Å². The van der Waals surface area contributed by atoms with Gasteiger partial charge < -0.3 is 19.7 Å². The van der Waals surface area contributed by atoms with Crippen molar-refractivity contribution < 1.29 is 9.47 Å². The van der Waals surface area contributed by atoms with E-state index in [2.05, 4.69) is 41.0 Å². The zero-order chi connectivity index (χ0) is 14.3. The third kappa shape index (κ3) is 4.90.